The molecule has 1 unspecified atom stereocenters. The molecule has 5 heteroatoms. The van der Waals surface area contributed by atoms with E-state index in [-0.39, 0.29) is 5.54 Å². The molecule has 0 radical (unpaired) electrons. The van der Waals surface area contributed by atoms with Gasteiger partial charge < -0.3 is 10.1 Å². The molecule has 1 saturated heterocycles. The first-order valence-electron chi connectivity index (χ1n) is 7.34. The number of nitrogens with zero attached hydrogens (tertiary/aromatic N) is 1. The summed E-state index contributed by atoms with van der Waals surface area (Å²) in [6, 6.07) is 4.55. The Morgan fingerprint density at radius 3 is 2.65 bits per heavy atom. The van der Waals surface area contributed by atoms with E-state index in [0.29, 0.717) is 6.04 Å². The summed E-state index contributed by atoms with van der Waals surface area (Å²) in [5.74, 6) is 0. The fraction of sp³-hybridized carbons (Fsp3) is 0.733. The first kappa shape index (κ1) is 16.2. The lowest BCUT2D eigenvalue weighted by Crippen LogP contribution is -2.61. The van der Waals surface area contributed by atoms with E-state index in [1.807, 2.05) is 6.07 Å². The highest BCUT2D eigenvalue weighted by Crippen LogP contribution is 2.27. The van der Waals surface area contributed by atoms with Crippen molar-refractivity contribution < 1.29 is 4.74 Å². The van der Waals surface area contributed by atoms with E-state index >= 15 is 0 Å². The molecule has 3 nitrogen and oxygen atoms in total. The molecule has 1 fully saturated rings. The Kier molecular flexibility index (Phi) is 5.87. The van der Waals surface area contributed by atoms with Gasteiger partial charge >= 0.3 is 0 Å². The van der Waals surface area contributed by atoms with Gasteiger partial charge in [0.05, 0.1) is 17.6 Å². The predicted molar refractivity (Wildman–Crippen MR) is 87.0 cm³/mol. The lowest BCUT2D eigenvalue weighted by molar-refractivity contribution is -0.0229. The van der Waals surface area contributed by atoms with Crippen LogP contribution in [-0.4, -0.2) is 49.3 Å². The van der Waals surface area contributed by atoms with Crippen LogP contribution in [0.5, 0.6) is 0 Å². The van der Waals surface area contributed by atoms with E-state index in [4.69, 9.17) is 16.3 Å². The van der Waals surface area contributed by atoms with Crippen LogP contribution in [0.15, 0.2) is 12.1 Å². The van der Waals surface area contributed by atoms with Gasteiger partial charge in [-0.1, -0.05) is 18.5 Å². The van der Waals surface area contributed by atoms with E-state index in [0.717, 1.165) is 43.6 Å². The topological polar surface area (TPSA) is 24.5 Å². The number of hydrogen-bond acceptors (Lipinski definition) is 4. The highest BCUT2D eigenvalue weighted by molar-refractivity contribution is 7.16. The maximum absolute atomic E-state index is 6.06. The van der Waals surface area contributed by atoms with Gasteiger partial charge in [0.2, 0.25) is 0 Å². The van der Waals surface area contributed by atoms with Gasteiger partial charge in [0.25, 0.3) is 0 Å². The van der Waals surface area contributed by atoms with Gasteiger partial charge in [0, 0.05) is 29.5 Å². The molecule has 20 heavy (non-hydrogen) atoms. The molecule has 1 aliphatic rings. The summed E-state index contributed by atoms with van der Waals surface area (Å²) in [5, 5.41) is 3.66. The van der Waals surface area contributed by atoms with Gasteiger partial charge in [-0.25, -0.2) is 0 Å². The number of ether oxygens (including phenoxy) is 1. The lowest BCUT2D eigenvalue weighted by Gasteiger charge is -2.46. The Hall–Kier alpha value is -0.130. The summed E-state index contributed by atoms with van der Waals surface area (Å²) < 4.78 is 6.35. The van der Waals surface area contributed by atoms with Crippen molar-refractivity contribution in [1.29, 1.82) is 0 Å². The highest BCUT2D eigenvalue weighted by atomic mass is 35.5. The Balaban J connectivity index is 2.08. The molecule has 1 atom stereocenters. The number of nitrogens with one attached hydrogen (secondary N) is 1. The molecule has 1 aromatic rings. The monoisotopic (exact) mass is 316 g/mol. The van der Waals surface area contributed by atoms with Crippen LogP contribution in [0.3, 0.4) is 0 Å². The molecule has 0 spiro atoms. The van der Waals surface area contributed by atoms with Crippen molar-refractivity contribution in [2.75, 3.05) is 32.8 Å². The maximum atomic E-state index is 6.06. The molecule has 0 aliphatic carbocycles. The van der Waals surface area contributed by atoms with Crippen LogP contribution >= 0.6 is 22.9 Å². The van der Waals surface area contributed by atoms with E-state index in [9.17, 15) is 0 Å². The SMILES string of the molecule is CCNC(Cc1ccc(Cl)s1)C(C)(C)N1CCOCC1. The third kappa shape index (κ3) is 3.95. The maximum Gasteiger partial charge on any atom is 0.0931 e. The minimum atomic E-state index is 0.107. The molecule has 0 saturated carbocycles. The van der Waals surface area contributed by atoms with Gasteiger partial charge in [0.1, 0.15) is 0 Å². The van der Waals surface area contributed by atoms with Crippen molar-refractivity contribution in [2.24, 2.45) is 0 Å². The quantitative estimate of drug-likeness (QED) is 0.873. The summed E-state index contributed by atoms with van der Waals surface area (Å²) >= 11 is 7.74. The molecule has 0 bridgehead atoms. The Bertz CT molecular complexity index is 416. The second kappa shape index (κ2) is 7.23. The second-order valence-corrected chi connectivity index (χ2v) is 7.57. The molecule has 0 aromatic carbocycles. The van der Waals surface area contributed by atoms with E-state index < -0.39 is 0 Å². The Morgan fingerprint density at radius 2 is 2.10 bits per heavy atom. The van der Waals surface area contributed by atoms with Gasteiger partial charge in [-0.3, -0.25) is 4.90 Å². The first-order chi connectivity index (χ1) is 9.54. The molecule has 1 aromatic heterocycles. The van der Waals surface area contributed by atoms with Crippen molar-refractivity contribution in [1.82, 2.24) is 10.2 Å². The number of halogens is 1. The fourth-order valence-electron chi connectivity index (χ4n) is 2.84. The molecule has 1 aliphatic heterocycles. The number of likely N-dealkylation sites (N-methyl/N-ethyl adjacent to an activating group) is 1. The van der Waals surface area contributed by atoms with Crippen LogP contribution in [0.4, 0.5) is 0 Å². The Labute approximate surface area is 131 Å². The average Bonchev–Trinajstić information content (AvgIpc) is 2.85. The molecular formula is C15H25ClN2OS. The first-order valence-corrected chi connectivity index (χ1v) is 8.54. The minimum Gasteiger partial charge on any atom is -0.379 e. The fourth-order valence-corrected chi connectivity index (χ4v) is 3.97. The van der Waals surface area contributed by atoms with Gasteiger partial charge in [-0.2, -0.15) is 0 Å². The van der Waals surface area contributed by atoms with Crippen LogP contribution < -0.4 is 5.32 Å². The van der Waals surface area contributed by atoms with Crippen LogP contribution in [0.1, 0.15) is 25.6 Å². The number of thiophene rings is 1. The summed E-state index contributed by atoms with van der Waals surface area (Å²) in [7, 11) is 0. The molecule has 2 rings (SSSR count). The zero-order valence-corrected chi connectivity index (χ0v) is 14.2. The van der Waals surface area contributed by atoms with Crippen LogP contribution in [0.2, 0.25) is 4.34 Å². The lowest BCUT2D eigenvalue weighted by atomic mass is 9.89. The number of morpholine rings is 1. The summed E-state index contributed by atoms with van der Waals surface area (Å²) in [6.07, 6.45) is 1.02. The summed E-state index contributed by atoms with van der Waals surface area (Å²) in [4.78, 5) is 3.89. The van der Waals surface area contributed by atoms with Gasteiger partial charge in [-0.15, -0.1) is 11.3 Å². The molecule has 1 N–H and O–H groups in total. The molecule has 114 valence electrons. The van der Waals surface area contributed by atoms with Crippen molar-refractivity contribution in [2.45, 2.75) is 38.8 Å². The van der Waals surface area contributed by atoms with E-state index in [1.165, 1.54) is 4.88 Å². The normalized spacial score (nSPS) is 19.2. The summed E-state index contributed by atoms with van der Waals surface area (Å²) in [6.45, 7) is 11.5. The third-order valence-electron chi connectivity index (χ3n) is 4.16. The van der Waals surface area contributed by atoms with Crippen molar-refractivity contribution >= 4 is 22.9 Å². The molecule has 0 amide bonds. The average molecular weight is 317 g/mol. The zero-order chi connectivity index (χ0) is 14.6. The molecule has 2 heterocycles. The minimum absolute atomic E-state index is 0.107. The van der Waals surface area contributed by atoms with E-state index in [1.54, 1.807) is 11.3 Å². The molecular weight excluding hydrogens is 292 g/mol. The summed E-state index contributed by atoms with van der Waals surface area (Å²) in [5.41, 5.74) is 0.107. The van der Waals surface area contributed by atoms with Crippen LogP contribution in [0, 0.1) is 0 Å². The van der Waals surface area contributed by atoms with Crippen molar-refractivity contribution in [3.8, 4) is 0 Å². The van der Waals surface area contributed by atoms with Gasteiger partial charge in [0.15, 0.2) is 0 Å². The van der Waals surface area contributed by atoms with Crippen LogP contribution in [0.25, 0.3) is 0 Å². The predicted octanol–water partition coefficient (Wildman–Crippen LogP) is 3.03. The van der Waals surface area contributed by atoms with E-state index in [2.05, 4.69) is 37.1 Å². The second-order valence-electron chi connectivity index (χ2n) is 5.77. The smallest absolute Gasteiger partial charge is 0.0931 e. The number of hydrogen-bond donors (Lipinski definition) is 1. The standard InChI is InChI=1S/C15H25ClN2OS/c1-4-17-13(11-12-5-6-14(16)20-12)15(2,3)18-7-9-19-10-8-18/h5-6,13,17H,4,7-11H2,1-3H3. The zero-order valence-electron chi connectivity index (χ0n) is 12.6. The Morgan fingerprint density at radius 1 is 1.40 bits per heavy atom. The highest BCUT2D eigenvalue weighted by Gasteiger charge is 2.35. The largest absolute Gasteiger partial charge is 0.379 e. The van der Waals surface area contributed by atoms with Crippen molar-refractivity contribution in [3.05, 3.63) is 21.3 Å². The van der Waals surface area contributed by atoms with Gasteiger partial charge in [-0.05, 0) is 38.9 Å². The van der Waals surface area contributed by atoms with Crippen LogP contribution in [-0.2, 0) is 11.2 Å². The number of rotatable bonds is 6. The van der Waals surface area contributed by atoms with Crippen molar-refractivity contribution in [3.63, 3.8) is 0 Å². The third-order valence-corrected chi connectivity index (χ3v) is 5.42.